The fourth-order valence-corrected chi connectivity index (χ4v) is 8.88. The third kappa shape index (κ3) is 2.83. The fourth-order valence-electron chi connectivity index (χ4n) is 8.88. The van der Waals surface area contributed by atoms with Crippen molar-refractivity contribution in [1.82, 2.24) is 0 Å². The standard InChI is InChI=1S/C24H42O6/c1-21-13-17(26)20-15(16(21)7-8-18(21)23(3,29-5)30-6)11-19(28-4)24(27)12-14(25)9-10-22(20,24)2/h14-20,25-27H,7-13H2,1-6H3. The van der Waals surface area contributed by atoms with Crippen LogP contribution in [0.15, 0.2) is 0 Å². The number of aliphatic hydroxyl groups excluding tert-OH is 2. The monoisotopic (exact) mass is 426 g/mol. The van der Waals surface area contributed by atoms with Gasteiger partial charge in [0.15, 0.2) is 5.79 Å². The van der Waals surface area contributed by atoms with Gasteiger partial charge in [0, 0.05) is 39.1 Å². The molecule has 4 rings (SSSR count). The summed E-state index contributed by atoms with van der Waals surface area (Å²) in [6.07, 6.45) is 3.86. The van der Waals surface area contributed by atoms with Gasteiger partial charge in [-0.2, -0.15) is 0 Å². The number of ether oxygens (including phenoxy) is 3. The fraction of sp³-hybridized carbons (Fsp3) is 1.00. The SMILES string of the molecule is COC1CC2C3CCC(C(C)(OC)OC)C3(C)CC(O)C2C2(C)CCC(O)CC12O. The first-order chi connectivity index (χ1) is 14.0. The van der Waals surface area contributed by atoms with E-state index in [2.05, 4.69) is 13.8 Å². The predicted molar refractivity (Wildman–Crippen MR) is 113 cm³/mol. The highest BCUT2D eigenvalue weighted by molar-refractivity contribution is 5.19. The summed E-state index contributed by atoms with van der Waals surface area (Å²) >= 11 is 0. The molecular weight excluding hydrogens is 384 g/mol. The van der Waals surface area contributed by atoms with E-state index in [-0.39, 0.29) is 29.3 Å². The number of rotatable bonds is 4. The summed E-state index contributed by atoms with van der Waals surface area (Å²) in [5.74, 6) is 0.224. The van der Waals surface area contributed by atoms with Gasteiger partial charge in [0.1, 0.15) is 0 Å². The molecule has 0 aromatic heterocycles. The molecule has 0 spiro atoms. The van der Waals surface area contributed by atoms with E-state index >= 15 is 0 Å². The summed E-state index contributed by atoms with van der Waals surface area (Å²) in [5.41, 5.74) is -1.68. The third-order valence-corrected chi connectivity index (χ3v) is 10.5. The van der Waals surface area contributed by atoms with E-state index in [0.29, 0.717) is 31.6 Å². The van der Waals surface area contributed by atoms with Crippen LogP contribution in [0.25, 0.3) is 0 Å². The van der Waals surface area contributed by atoms with Gasteiger partial charge >= 0.3 is 0 Å². The first kappa shape index (κ1) is 22.9. The van der Waals surface area contributed by atoms with Crippen molar-refractivity contribution in [2.75, 3.05) is 21.3 Å². The summed E-state index contributed by atoms with van der Waals surface area (Å²) < 4.78 is 17.6. The van der Waals surface area contributed by atoms with Crippen molar-refractivity contribution in [3.05, 3.63) is 0 Å². The minimum Gasteiger partial charge on any atom is -0.393 e. The van der Waals surface area contributed by atoms with Gasteiger partial charge in [-0.15, -0.1) is 0 Å². The van der Waals surface area contributed by atoms with E-state index in [4.69, 9.17) is 14.2 Å². The van der Waals surface area contributed by atoms with Crippen molar-refractivity contribution in [1.29, 1.82) is 0 Å². The van der Waals surface area contributed by atoms with Crippen molar-refractivity contribution < 1.29 is 29.5 Å². The van der Waals surface area contributed by atoms with Gasteiger partial charge in [-0.1, -0.05) is 13.8 Å². The molecule has 10 atom stereocenters. The highest BCUT2D eigenvalue weighted by atomic mass is 16.7. The third-order valence-electron chi connectivity index (χ3n) is 10.5. The minimum absolute atomic E-state index is 0.00886. The Morgan fingerprint density at radius 3 is 2.23 bits per heavy atom. The first-order valence-electron chi connectivity index (χ1n) is 11.7. The van der Waals surface area contributed by atoms with Crippen molar-refractivity contribution in [3.8, 4) is 0 Å². The van der Waals surface area contributed by atoms with E-state index in [1.807, 2.05) is 6.92 Å². The number of hydrogen-bond acceptors (Lipinski definition) is 6. The Hall–Kier alpha value is -0.240. The van der Waals surface area contributed by atoms with Gasteiger partial charge in [0.25, 0.3) is 0 Å². The van der Waals surface area contributed by atoms with Gasteiger partial charge in [0.2, 0.25) is 0 Å². The molecule has 0 saturated heterocycles. The van der Waals surface area contributed by atoms with Gasteiger partial charge in [-0.05, 0) is 68.6 Å². The highest BCUT2D eigenvalue weighted by Crippen LogP contribution is 2.69. The predicted octanol–water partition coefficient (Wildman–Crippen LogP) is 2.73. The Morgan fingerprint density at radius 2 is 1.63 bits per heavy atom. The smallest absolute Gasteiger partial charge is 0.168 e. The Bertz CT molecular complexity index is 652. The van der Waals surface area contributed by atoms with Crippen LogP contribution in [0, 0.1) is 34.5 Å². The molecule has 0 bridgehead atoms. The molecule has 0 aromatic rings. The summed E-state index contributed by atoms with van der Waals surface area (Å²) in [4.78, 5) is 0. The maximum atomic E-state index is 11.9. The van der Waals surface area contributed by atoms with Crippen molar-refractivity contribution >= 4 is 0 Å². The van der Waals surface area contributed by atoms with Crippen LogP contribution in [0.3, 0.4) is 0 Å². The molecule has 4 aliphatic carbocycles. The maximum Gasteiger partial charge on any atom is 0.168 e. The Balaban J connectivity index is 1.74. The number of fused-ring (bicyclic) bond motifs is 5. The molecule has 4 aliphatic rings. The Morgan fingerprint density at radius 1 is 0.967 bits per heavy atom. The van der Waals surface area contributed by atoms with Crippen LogP contribution in [-0.2, 0) is 14.2 Å². The zero-order valence-corrected chi connectivity index (χ0v) is 19.6. The van der Waals surface area contributed by atoms with Crippen LogP contribution in [-0.4, -0.2) is 66.3 Å². The summed E-state index contributed by atoms with van der Waals surface area (Å²) in [5, 5.41) is 33.8. The molecule has 0 amide bonds. The molecule has 3 N–H and O–H groups in total. The molecule has 4 fully saturated rings. The van der Waals surface area contributed by atoms with Crippen LogP contribution in [0.1, 0.15) is 65.7 Å². The zero-order chi connectivity index (χ0) is 22.1. The van der Waals surface area contributed by atoms with Gasteiger partial charge in [0.05, 0.1) is 23.9 Å². The van der Waals surface area contributed by atoms with Gasteiger partial charge in [-0.3, -0.25) is 0 Å². The first-order valence-corrected chi connectivity index (χ1v) is 11.7. The lowest BCUT2D eigenvalue weighted by Crippen LogP contribution is -2.71. The molecule has 174 valence electrons. The van der Waals surface area contributed by atoms with Crippen LogP contribution in [0.5, 0.6) is 0 Å². The normalized spacial score (nSPS) is 53.7. The van der Waals surface area contributed by atoms with Crippen LogP contribution in [0.2, 0.25) is 0 Å². The van der Waals surface area contributed by atoms with E-state index in [1.54, 1.807) is 21.3 Å². The number of aliphatic hydroxyl groups is 3. The highest BCUT2D eigenvalue weighted by Gasteiger charge is 2.71. The minimum atomic E-state index is -1.11. The molecule has 4 saturated carbocycles. The molecule has 6 heteroatoms. The number of hydrogen-bond donors (Lipinski definition) is 3. The van der Waals surface area contributed by atoms with Crippen LogP contribution >= 0.6 is 0 Å². The van der Waals surface area contributed by atoms with Crippen molar-refractivity contribution in [2.24, 2.45) is 34.5 Å². The summed E-state index contributed by atoms with van der Waals surface area (Å²) in [6, 6.07) is 0. The molecule has 6 nitrogen and oxygen atoms in total. The Kier molecular flexibility index (Phi) is 5.65. The second kappa shape index (κ2) is 7.39. The van der Waals surface area contributed by atoms with Crippen molar-refractivity contribution in [3.63, 3.8) is 0 Å². The molecule has 0 radical (unpaired) electrons. The molecule has 0 heterocycles. The maximum absolute atomic E-state index is 11.9. The second-order valence-electron chi connectivity index (χ2n) is 11.3. The van der Waals surface area contributed by atoms with E-state index < -0.39 is 29.0 Å². The average molecular weight is 427 g/mol. The van der Waals surface area contributed by atoms with E-state index in [9.17, 15) is 15.3 Å². The lowest BCUT2D eigenvalue weighted by atomic mass is 9.41. The second-order valence-corrected chi connectivity index (χ2v) is 11.3. The topological polar surface area (TPSA) is 88.4 Å². The van der Waals surface area contributed by atoms with E-state index in [0.717, 1.165) is 19.3 Å². The molecule has 30 heavy (non-hydrogen) atoms. The van der Waals surface area contributed by atoms with E-state index in [1.165, 1.54) is 0 Å². The van der Waals surface area contributed by atoms with Gasteiger partial charge < -0.3 is 29.5 Å². The summed E-state index contributed by atoms with van der Waals surface area (Å²) in [7, 11) is 5.09. The van der Waals surface area contributed by atoms with Crippen LogP contribution < -0.4 is 0 Å². The lowest BCUT2D eigenvalue weighted by molar-refractivity contribution is -0.297. The van der Waals surface area contributed by atoms with Crippen molar-refractivity contribution in [2.45, 2.75) is 95.4 Å². The molecule has 0 aliphatic heterocycles. The summed E-state index contributed by atoms with van der Waals surface area (Å²) in [6.45, 7) is 6.46. The Labute approximate surface area is 181 Å². The molecule has 0 aromatic carbocycles. The molecule has 10 unspecified atom stereocenters. The average Bonchev–Trinajstić information content (AvgIpc) is 3.04. The van der Waals surface area contributed by atoms with Crippen LogP contribution in [0.4, 0.5) is 0 Å². The quantitative estimate of drug-likeness (QED) is 0.599. The zero-order valence-electron chi connectivity index (χ0n) is 19.6. The molecular formula is C24H42O6. The largest absolute Gasteiger partial charge is 0.393 e. The number of methoxy groups -OCH3 is 3. The lowest BCUT2D eigenvalue weighted by Gasteiger charge is -2.67. The van der Waals surface area contributed by atoms with Gasteiger partial charge in [-0.25, -0.2) is 0 Å².